The molecule has 3 nitrogen and oxygen atoms in total. The number of rotatable bonds is 6. The largest absolute Gasteiger partial charge is 0.462 e. The molecule has 134 valence electrons. The van der Waals surface area contributed by atoms with E-state index in [1.165, 1.54) is 39.0 Å². The third-order valence-corrected chi connectivity index (χ3v) is 6.59. The molecule has 0 aromatic carbocycles. The summed E-state index contributed by atoms with van der Waals surface area (Å²) in [5.74, 6) is 1.83. The van der Waals surface area contributed by atoms with E-state index in [1.807, 2.05) is 13.8 Å². The van der Waals surface area contributed by atoms with E-state index in [1.54, 1.807) is 0 Å². The van der Waals surface area contributed by atoms with E-state index in [9.17, 15) is 9.90 Å². The Morgan fingerprint density at radius 2 is 2.04 bits per heavy atom. The number of esters is 1. The van der Waals surface area contributed by atoms with Crippen molar-refractivity contribution in [2.45, 2.75) is 97.7 Å². The van der Waals surface area contributed by atoms with Crippen LogP contribution in [-0.2, 0) is 9.53 Å². The maximum atomic E-state index is 11.4. The predicted octanol–water partition coefficient (Wildman–Crippen LogP) is 4.71. The molecule has 2 aliphatic rings. The highest BCUT2D eigenvalue weighted by molar-refractivity contribution is 5.66. The van der Waals surface area contributed by atoms with Crippen LogP contribution in [0.25, 0.3) is 0 Å². The summed E-state index contributed by atoms with van der Waals surface area (Å²) in [5.41, 5.74) is -0.223. The lowest BCUT2D eigenvalue weighted by Crippen LogP contribution is -2.43. The summed E-state index contributed by atoms with van der Waals surface area (Å²) in [4.78, 5) is 11.4. The Balaban J connectivity index is 1.97. The number of carbonyl (C=O) groups excluding carboxylic acids is 1. The number of fused-ring (bicyclic) bond motifs is 1. The van der Waals surface area contributed by atoms with E-state index in [2.05, 4.69) is 13.8 Å². The Labute approximate surface area is 142 Å². The Bertz CT molecular complexity index is 412. The minimum atomic E-state index is -0.549. The highest BCUT2D eigenvalue weighted by Crippen LogP contribution is 2.58. The van der Waals surface area contributed by atoms with Crippen molar-refractivity contribution in [2.24, 2.45) is 23.2 Å². The van der Waals surface area contributed by atoms with E-state index < -0.39 is 5.60 Å². The number of hydrogen-bond donors (Lipinski definition) is 1. The van der Waals surface area contributed by atoms with Crippen molar-refractivity contribution in [1.82, 2.24) is 0 Å². The van der Waals surface area contributed by atoms with Crippen LogP contribution < -0.4 is 0 Å². The highest BCUT2D eigenvalue weighted by atomic mass is 16.5. The van der Waals surface area contributed by atoms with Crippen molar-refractivity contribution in [3.05, 3.63) is 0 Å². The second-order valence-electron chi connectivity index (χ2n) is 9.02. The van der Waals surface area contributed by atoms with Crippen LogP contribution in [0.5, 0.6) is 0 Å². The maximum Gasteiger partial charge on any atom is 0.302 e. The average molecular weight is 325 g/mol. The van der Waals surface area contributed by atoms with Crippen molar-refractivity contribution < 1.29 is 14.6 Å². The summed E-state index contributed by atoms with van der Waals surface area (Å²) in [6, 6.07) is 0. The van der Waals surface area contributed by atoms with Gasteiger partial charge < -0.3 is 9.84 Å². The molecule has 5 atom stereocenters. The molecule has 1 unspecified atom stereocenters. The first-order valence-electron chi connectivity index (χ1n) is 9.53. The van der Waals surface area contributed by atoms with Gasteiger partial charge in [-0.15, -0.1) is 0 Å². The number of ether oxygens (including phenoxy) is 1. The molecule has 0 saturated heterocycles. The zero-order valence-corrected chi connectivity index (χ0v) is 15.7. The van der Waals surface area contributed by atoms with Gasteiger partial charge in [-0.05, 0) is 69.6 Å². The molecule has 0 radical (unpaired) electrons. The summed E-state index contributed by atoms with van der Waals surface area (Å²) in [5, 5.41) is 9.90. The number of aliphatic hydroxyl groups is 1. The fourth-order valence-electron chi connectivity index (χ4n) is 5.51. The van der Waals surface area contributed by atoms with Crippen molar-refractivity contribution >= 4 is 5.97 Å². The normalized spacial score (nSPS) is 35.7. The SMILES string of the molecule is CC(=O)O[C@H]1CCC[C@@]2(C)C1CC[C@@H]2[C@H](C)CCCC(C)(C)O. The Morgan fingerprint density at radius 1 is 1.35 bits per heavy atom. The molecule has 0 spiro atoms. The van der Waals surface area contributed by atoms with Gasteiger partial charge >= 0.3 is 5.97 Å². The summed E-state index contributed by atoms with van der Waals surface area (Å²) < 4.78 is 5.65. The van der Waals surface area contributed by atoms with Crippen LogP contribution in [0.1, 0.15) is 86.0 Å². The van der Waals surface area contributed by atoms with Crippen LogP contribution in [0.3, 0.4) is 0 Å². The molecule has 0 amide bonds. The van der Waals surface area contributed by atoms with Gasteiger partial charge in [0, 0.05) is 12.8 Å². The lowest BCUT2D eigenvalue weighted by Gasteiger charge is -2.46. The monoisotopic (exact) mass is 324 g/mol. The zero-order chi connectivity index (χ0) is 17.3. The third kappa shape index (κ3) is 4.49. The summed E-state index contributed by atoms with van der Waals surface area (Å²) in [7, 11) is 0. The summed E-state index contributed by atoms with van der Waals surface area (Å²) >= 11 is 0. The summed E-state index contributed by atoms with van der Waals surface area (Å²) in [6.07, 6.45) is 9.26. The molecule has 2 fully saturated rings. The van der Waals surface area contributed by atoms with Crippen molar-refractivity contribution in [3.8, 4) is 0 Å². The fraction of sp³-hybridized carbons (Fsp3) is 0.950. The molecular weight excluding hydrogens is 288 g/mol. The van der Waals surface area contributed by atoms with Gasteiger partial charge in [0.2, 0.25) is 0 Å². The molecular formula is C20H36O3. The molecule has 0 aliphatic heterocycles. The van der Waals surface area contributed by atoms with Crippen LogP contribution in [0.2, 0.25) is 0 Å². The Hall–Kier alpha value is -0.570. The molecule has 0 aromatic heterocycles. The third-order valence-electron chi connectivity index (χ3n) is 6.59. The van der Waals surface area contributed by atoms with E-state index in [4.69, 9.17) is 4.74 Å². The Morgan fingerprint density at radius 3 is 2.65 bits per heavy atom. The standard InChI is InChI=1S/C20H36O3/c1-14(8-6-12-19(3,4)22)16-10-11-17-18(23-15(2)21)9-7-13-20(16,17)5/h14,16-18,22H,6-13H2,1-5H3/t14-,16-,17?,18+,20-/m1/s1. The molecule has 0 aromatic rings. The smallest absolute Gasteiger partial charge is 0.302 e. The fourth-order valence-corrected chi connectivity index (χ4v) is 5.51. The van der Waals surface area contributed by atoms with Gasteiger partial charge in [-0.3, -0.25) is 4.79 Å². The minimum absolute atomic E-state index is 0.124. The summed E-state index contributed by atoms with van der Waals surface area (Å²) in [6.45, 7) is 10.2. The topological polar surface area (TPSA) is 46.5 Å². The molecule has 2 rings (SSSR count). The van der Waals surface area contributed by atoms with Crippen molar-refractivity contribution in [1.29, 1.82) is 0 Å². The first-order valence-corrected chi connectivity index (χ1v) is 9.53. The molecule has 1 N–H and O–H groups in total. The van der Waals surface area contributed by atoms with Crippen LogP contribution in [0, 0.1) is 23.2 Å². The van der Waals surface area contributed by atoms with Gasteiger partial charge in [0.25, 0.3) is 0 Å². The molecule has 3 heteroatoms. The van der Waals surface area contributed by atoms with Gasteiger partial charge in [-0.25, -0.2) is 0 Å². The van der Waals surface area contributed by atoms with Crippen LogP contribution in [-0.4, -0.2) is 22.8 Å². The molecule has 0 bridgehead atoms. The van der Waals surface area contributed by atoms with E-state index >= 15 is 0 Å². The lowest BCUT2D eigenvalue weighted by molar-refractivity contribution is -0.155. The van der Waals surface area contributed by atoms with Crippen LogP contribution in [0.4, 0.5) is 0 Å². The van der Waals surface area contributed by atoms with Crippen LogP contribution in [0.15, 0.2) is 0 Å². The van der Waals surface area contributed by atoms with E-state index in [-0.39, 0.29) is 12.1 Å². The lowest BCUT2D eigenvalue weighted by atomic mass is 9.61. The van der Waals surface area contributed by atoms with Crippen molar-refractivity contribution in [3.63, 3.8) is 0 Å². The molecule has 2 aliphatic carbocycles. The zero-order valence-electron chi connectivity index (χ0n) is 15.7. The quantitative estimate of drug-likeness (QED) is 0.720. The number of carbonyl (C=O) groups is 1. The van der Waals surface area contributed by atoms with Gasteiger partial charge in [0.15, 0.2) is 0 Å². The minimum Gasteiger partial charge on any atom is -0.462 e. The average Bonchev–Trinajstić information content (AvgIpc) is 2.74. The van der Waals surface area contributed by atoms with Gasteiger partial charge in [0.1, 0.15) is 6.10 Å². The van der Waals surface area contributed by atoms with Crippen molar-refractivity contribution in [2.75, 3.05) is 0 Å². The Kier molecular flexibility index (Phi) is 5.81. The van der Waals surface area contributed by atoms with Gasteiger partial charge in [-0.1, -0.05) is 26.7 Å². The molecule has 23 heavy (non-hydrogen) atoms. The molecule has 2 saturated carbocycles. The van der Waals surface area contributed by atoms with E-state index in [0.29, 0.717) is 17.3 Å². The first kappa shape index (κ1) is 18.8. The molecule has 0 heterocycles. The van der Waals surface area contributed by atoms with Gasteiger partial charge in [0.05, 0.1) is 5.60 Å². The van der Waals surface area contributed by atoms with Crippen LogP contribution >= 0.6 is 0 Å². The maximum absolute atomic E-state index is 11.4. The van der Waals surface area contributed by atoms with E-state index in [0.717, 1.165) is 25.2 Å². The second-order valence-corrected chi connectivity index (χ2v) is 9.02. The number of hydrogen-bond acceptors (Lipinski definition) is 3. The first-order chi connectivity index (χ1) is 10.6. The predicted molar refractivity (Wildman–Crippen MR) is 93.0 cm³/mol. The second kappa shape index (κ2) is 7.13. The highest BCUT2D eigenvalue weighted by Gasteiger charge is 2.53. The van der Waals surface area contributed by atoms with Gasteiger partial charge in [-0.2, -0.15) is 0 Å².